The molecule has 0 heterocycles. The molecule has 1 nitrogen and oxygen atoms in total. The second-order valence-corrected chi connectivity index (χ2v) is 7.52. The number of benzene rings is 1. The fourth-order valence-corrected chi connectivity index (χ4v) is 3.46. The zero-order valence-electron chi connectivity index (χ0n) is 13.0. The predicted octanol–water partition coefficient (Wildman–Crippen LogP) is 4.73. The molecule has 1 aliphatic carbocycles. The van der Waals surface area contributed by atoms with Crippen molar-refractivity contribution in [2.75, 3.05) is 0 Å². The molecule has 0 aromatic heterocycles. The fourth-order valence-electron chi connectivity index (χ4n) is 3.46. The number of hydrogen-bond donors (Lipinski definition) is 1. The van der Waals surface area contributed by atoms with Crippen molar-refractivity contribution in [3.63, 3.8) is 0 Å². The number of aliphatic hydroxyl groups is 1. The number of hydrogen-bond acceptors (Lipinski definition) is 1. The van der Waals surface area contributed by atoms with Gasteiger partial charge in [-0.1, -0.05) is 39.3 Å². The maximum atomic E-state index is 13.3. The van der Waals surface area contributed by atoms with Crippen molar-refractivity contribution in [3.8, 4) is 0 Å². The molecule has 0 amide bonds. The minimum atomic E-state index is -0.659. The van der Waals surface area contributed by atoms with Gasteiger partial charge in [0.1, 0.15) is 5.82 Å². The highest BCUT2D eigenvalue weighted by molar-refractivity contribution is 5.18. The summed E-state index contributed by atoms with van der Waals surface area (Å²) in [6.07, 6.45) is 5.54. The van der Waals surface area contributed by atoms with E-state index in [-0.39, 0.29) is 5.82 Å². The Bertz CT molecular complexity index is 449. The summed E-state index contributed by atoms with van der Waals surface area (Å²) in [5, 5.41) is 10.9. The Hall–Kier alpha value is -0.890. The van der Waals surface area contributed by atoms with Crippen LogP contribution in [0.15, 0.2) is 24.3 Å². The highest BCUT2D eigenvalue weighted by atomic mass is 19.1. The SMILES string of the molecule is CC(C)(C)C1CCCC(O)(Cc2cccc(F)c2)CC1. The lowest BCUT2D eigenvalue weighted by molar-refractivity contribution is 0.0225. The van der Waals surface area contributed by atoms with Crippen LogP contribution in [0.1, 0.15) is 58.4 Å². The second-order valence-electron chi connectivity index (χ2n) is 7.52. The van der Waals surface area contributed by atoms with Gasteiger partial charge in [-0.2, -0.15) is 0 Å². The first-order valence-corrected chi connectivity index (χ1v) is 7.75. The van der Waals surface area contributed by atoms with Crippen LogP contribution in [-0.2, 0) is 6.42 Å². The van der Waals surface area contributed by atoms with Gasteiger partial charge in [0.15, 0.2) is 0 Å². The number of halogens is 1. The summed E-state index contributed by atoms with van der Waals surface area (Å²) in [6.45, 7) is 6.86. The monoisotopic (exact) mass is 278 g/mol. The molecule has 0 bridgehead atoms. The molecule has 1 saturated carbocycles. The van der Waals surface area contributed by atoms with Crippen LogP contribution in [0, 0.1) is 17.2 Å². The van der Waals surface area contributed by atoms with E-state index >= 15 is 0 Å². The first-order chi connectivity index (χ1) is 9.28. The molecule has 0 saturated heterocycles. The maximum absolute atomic E-state index is 13.3. The average Bonchev–Trinajstić information content (AvgIpc) is 2.50. The van der Waals surface area contributed by atoms with Crippen LogP contribution in [0.25, 0.3) is 0 Å². The Labute approximate surface area is 122 Å². The normalized spacial score (nSPS) is 28.1. The molecule has 0 aliphatic heterocycles. The minimum absolute atomic E-state index is 0.215. The minimum Gasteiger partial charge on any atom is -0.390 e. The Morgan fingerprint density at radius 1 is 1.25 bits per heavy atom. The lowest BCUT2D eigenvalue weighted by Gasteiger charge is -2.31. The molecule has 20 heavy (non-hydrogen) atoms. The van der Waals surface area contributed by atoms with E-state index in [0.717, 1.165) is 31.2 Å². The van der Waals surface area contributed by atoms with E-state index in [9.17, 15) is 9.50 Å². The fraction of sp³-hybridized carbons (Fsp3) is 0.667. The van der Waals surface area contributed by atoms with Gasteiger partial charge < -0.3 is 5.11 Å². The highest BCUT2D eigenvalue weighted by Crippen LogP contribution is 2.40. The van der Waals surface area contributed by atoms with E-state index < -0.39 is 5.60 Å². The molecule has 0 spiro atoms. The van der Waals surface area contributed by atoms with E-state index in [0.29, 0.717) is 17.8 Å². The Balaban J connectivity index is 2.04. The molecular formula is C18H27FO. The Morgan fingerprint density at radius 3 is 2.65 bits per heavy atom. The van der Waals surface area contributed by atoms with Crippen LogP contribution >= 0.6 is 0 Å². The summed E-state index contributed by atoms with van der Waals surface area (Å²) < 4.78 is 13.3. The summed E-state index contributed by atoms with van der Waals surface area (Å²) in [5.41, 5.74) is 0.555. The molecule has 2 atom stereocenters. The first kappa shape index (κ1) is 15.5. The van der Waals surface area contributed by atoms with Gasteiger partial charge in [-0.15, -0.1) is 0 Å². The van der Waals surface area contributed by atoms with Crippen molar-refractivity contribution in [2.45, 2.75) is 64.9 Å². The first-order valence-electron chi connectivity index (χ1n) is 7.75. The zero-order valence-corrected chi connectivity index (χ0v) is 13.0. The van der Waals surface area contributed by atoms with Crippen LogP contribution in [0.2, 0.25) is 0 Å². The van der Waals surface area contributed by atoms with Gasteiger partial charge in [0.25, 0.3) is 0 Å². The van der Waals surface area contributed by atoms with Crippen molar-refractivity contribution in [2.24, 2.45) is 11.3 Å². The van der Waals surface area contributed by atoms with Crippen molar-refractivity contribution in [1.29, 1.82) is 0 Å². The molecule has 1 aromatic rings. The Morgan fingerprint density at radius 2 is 2.00 bits per heavy atom. The molecular weight excluding hydrogens is 251 g/mol. The molecule has 2 heteroatoms. The topological polar surface area (TPSA) is 20.2 Å². The summed E-state index contributed by atoms with van der Waals surface area (Å²) >= 11 is 0. The maximum Gasteiger partial charge on any atom is 0.123 e. The van der Waals surface area contributed by atoms with E-state index in [1.54, 1.807) is 12.1 Å². The van der Waals surface area contributed by atoms with Gasteiger partial charge in [0.2, 0.25) is 0 Å². The molecule has 112 valence electrons. The third kappa shape index (κ3) is 4.05. The quantitative estimate of drug-likeness (QED) is 0.776. The van der Waals surface area contributed by atoms with Crippen LogP contribution < -0.4 is 0 Å². The molecule has 1 fully saturated rings. The van der Waals surface area contributed by atoms with E-state index in [2.05, 4.69) is 20.8 Å². The van der Waals surface area contributed by atoms with Crippen molar-refractivity contribution < 1.29 is 9.50 Å². The second kappa shape index (κ2) is 5.85. The molecule has 2 rings (SSSR count). The average molecular weight is 278 g/mol. The summed E-state index contributed by atoms with van der Waals surface area (Å²) in [5.74, 6) is 0.455. The van der Waals surface area contributed by atoms with Gasteiger partial charge in [-0.05, 0) is 54.7 Å². The predicted molar refractivity (Wildman–Crippen MR) is 81.1 cm³/mol. The zero-order chi connectivity index (χ0) is 14.8. The van der Waals surface area contributed by atoms with E-state index in [4.69, 9.17) is 0 Å². The van der Waals surface area contributed by atoms with E-state index in [1.807, 2.05) is 6.07 Å². The van der Waals surface area contributed by atoms with E-state index in [1.165, 1.54) is 12.5 Å². The van der Waals surface area contributed by atoms with Crippen LogP contribution in [-0.4, -0.2) is 10.7 Å². The van der Waals surface area contributed by atoms with Gasteiger partial charge in [-0.25, -0.2) is 4.39 Å². The summed E-state index contributed by atoms with van der Waals surface area (Å²) in [4.78, 5) is 0. The molecule has 0 radical (unpaired) electrons. The Kier molecular flexibility index (Phi) is 4.53. The largest absolute Gasteiger partial charge is 0.390 e. The molecule has 1 aromatic carbocycles. The van der Waals surface area contributed by atoms with Crippen molar-refractivity contribution in [1.82, 2.24) is 0 Å². The van der Waals surface area contributed by atoms with Crippen molar-refractivity contribution in [3.05, 3.63) is 35.6 Å². The summed E-state index contributed by atoms with van der Waals surface area (Å²) in [6, 6.07) is 6.64. The van der Waals surface area contributed by atoms with Gasteiger partial charge in [0, 0.05) is 6.42 Å². The van der Waals surface area contributed by atoms with Crippen LogP contribution in [0.3, 0.4) is 0 Å². The smallest absolute Gasteiger partial charge is 0.123 e. The lowest BCUT2D eigenvalue weighted by atomic mass is 9.76. The summed E-state index contributed by atoms with van der Waals surface area (Å²) in [7, 11) is 0. The molecule has 1 N–H and O–H groups in total. The molecule has 2 unspecified atom stereocenters. The van der Waals surface area contributed by atoms with Gasteiger partial charge >= 0.3 is 0 Å². The van der Waals surface area contributed by atoms with Crippen molar-refractivity contribution >= 4 is 0 Å². The molecule has 1 aliphatic rings. The highest BCUT2D eigenvalue weighted by Gasteiger charge is 2.34. The van der Waals surface area contributed by atoms with Crippen LogP contribution in [0.4, 0.5) is 4.39 Å². The van der Waals surface area contributed by atoms with Crippen LogP contribution in [0.5, 0.6) is 0 Å². The number of rotatable bonds is 2. The van der Waals surface area contributed by atoms with Gasteiger partial charge in [0.05, 0.1) is 5.60 Å². The standard InChI is InChI=1S/C18H27FO/c1-17(2,3)15-7-5-10-18(20,11-9-15)13-14-6-4-8-16(19)12-14/h4,6,8,12,15,20H,5,7,9-11,13H2,1-3H3. The lowest BCUT2D eigenvalue weighted by Crippen LogP contribution is -2.31. The van der Waals surface area contributed by atoms with Gasteiger partial charge in [-0.3, -0.25) is 0 Å². The third-order valence-corrected chi connectivity index (χ3v) is 4.80. The third-order valence-electron chi connectivity index (χ3n) is 4.80.